The number of urea groups is 1. The molecule has 3 amide bonds. The molecule has 9 heteroatoms. The van der Waals surface area contributed by atoms with Crippen LogP contribution in [0.15, 0.2) is 48.5 Å². The Morgan fingerprint density at radius 2 is 1.62 bits per heavy atom. The predicted octanol–water partition coefficient (Wildman–Crippen LogP) is 4.04. The summed E-state index contributed by atoms with van der Waals surface area (Å²) < 4.78 is 39.3. The van der Waals surface area contributed by atoms with Crippen molar-refractivity contribution < 1.29 is 22.8 Å². The van der Waals surface area contributed by atoms with Crippen molar-refractivity contribution in [1.82, 2.24) is 15.1 Å². The van der Waals surface area contributed by atoms with E-state index in [1.807, 2.05) is 43.0 Å². The van der Waals surface area contributed by atoms with E-state index in [0.29, 0.717) is 26.2 Å². The Morgan fingerprint density at radius 3 is 2.28 bits per heavy atom. The van der Waals surface area contributed by atoms with Crippen LogP contribution in [0.2, 0.25) is 0 Å². The molecular formula is C23H27F3N4O2. The maximum Gasteiger partial charge on any atom is 0.418 e. The smallest absolute Gasteiger partial charge is 0.331 e. The van der Waals surface area contributed by atoms with Gasteiger partial charge in [-0.25, -0.2) is 4.79 Å². The number of carbonyl (C=O) groups excluding carboxylic acids is 2. The standard InChI is InChI=1S/C23H27F3N4O2/c1-16-7-3-4-8-18(16)17(2)27-22(32)30-13-11-29(12-14-30)15-21(31)28-20-10-6-5-9-19(20)23(24,25)26/h3-10,17H,11-15H2,1-2H3,(H,27,32)(H,28,31)/t17-/m1/s1. The molecule has 2 N–H and O–H groups in total. The van der Waals surface area contributed by atoms with Crippen LogP contribution in [0, 0.1) is 6.92 Å². The van der Waals surface area contributed by atoms with Gasteiger partial charge in [-0.3, -0.25) is 9.69 Å². The first-order chi connectivity index (χ1) is 15.1. The molecule has 3 rings (SSSR count). The minimum atomic E-state index is -4.54. The second-order valence-corrected chi connectivity index (χ2v) is 7.88. The first kappa shape index (κ1) is 23.6. The van der Waals surface area contributed by atoms with Crippen molar-refractivity contribution in [3.63, 3.8) is 0 Å². The quantitative estimate of drug-likeness (QED) is 0.726. The number of anilines is 1. The van der Waals surface area contributed by atoms with Gasteiger partial charge in [-0.1, -0.05) is 36.4 Å². The molecule has 0 unspecified atom stereocenters. The van der Waals surface area contributed by atoms with E-state index < -0.39 is 17.6 Å². The second-order valence-electron chi connectivity index (χ2n) is 7.88. The summed E-state index contributed by atoms with van der Waals surface area (Å²) in [7, 11) is 0. The summed E-state index contributed by atoms with van der Waals surface area (Å²) >= 11 is 0. The average molecular weight is 448 g/mol. The van der Waals surface area contributed by atoms with Gasteiger partial charge in [0.25, 0.3) is 0 Å². The molecule has 1 heterocycles. The van der Waals surface area contributed by atoms with E-state index in [2.05, 4.69) is 10.6 Å². The van der Waals surface area contributed by atoms with Gasteiger partial charge < -0.3 is 15.5 Å². The Hall–Kier alpha value is -3.07. The predicted molar refractivity (Wildman–Crippen MR) is 116 cm³/mol. The van der Waals surface area contributed by atoms with Crippen molar-refractivity contribution in [3.8, 4) is 0 Å². The molecule has 0 aromatic heterocycles. The number of hydrogen-bond acceptors (Lipinski definition) is 3. The number of hydrogen-bond donors (Lipinski definition) is 2. The summed E-state index contributed by atoms with van der Waals surface area (Å²) in [6, 6.07) is 12.4. The zero-order valence-corrected chi connectivity index (χ0v) is 18.1. The highest BCUT2D eigenvalue weighted by atomic mass is 19.4. The van der Waals surface area contributed by atoms with Crippen LogP contribution in [-0.2, 0) is 11.0 Å². The van der Waals surface area contributed by atoms with Gasteiger partial charge in [0.05, 0.1) is 23.8 Å². The highest BCUT2D eigenvalue weighted by Crippen LogP contribution is 2.34. The third-order valence-corrected chi connectivity index (χ3v) is 5.53. The number of halogens is 3. The fourth-order valence-electron chi connectivity index (χ4n) is 3.77. The normalized spacial score (nSPS) is 15.8. The van der Waals surface area contributed by atoms with Crippen molar-refractivity contribution in [2.24, 2.45) is 0 Å². The Bertz CT molecular complexity index is 956. The van der Waals surface area contributed by atoms with E-state index in [4.69, 9.17) is 0 Å². The van der Waals surface area contributed by atoms with Gasteiger partial charge in [0.15, 0.2) is 0 Å². The molecular weight excluding hydrogens is 421 g/mol. The number of amides is 3. The summed E-state index contributed by atoms with van der Waals surface area (Å²) in [5.74, 6) is -0.521. The number of piperazine rings is 1. The van der Waals surface area contributed by atoms with Crippen molar-refractivity contribution in [3.05, 3.63) is 65.2 Å². The zero-order valence-electron chi connectivity index (χ0n) is 18.1. The molecule has 1 aliphatic rings. The largest absolute Gasteiger partial charge is 0.418 e. The van der Waals surface area contributed by atoms with Crippen LogP contribution in [0.5, 0.6) is 0 Å². The first-order valence-electron chi connectivity index (χ1n) is 10.4. The van der Waals surface area contributed by atoms with E-state index in [-0.39, 0.29) is 24.3 Å². The minimum absolute atomic E-state index is 0.0404. The van der Waals surface area contributed by atoms with Crippen LogP contribution in [0.3, 0.4) is 0 Å². The van der Waals surface area contributed by atoms with Crippen LogP contribution in [0.4, 0.5) is 23.7 Å². The molecule has 1 atom stereocenters. The van der Waals surface area contributed by atoms with Crippen LogP contribution in [-0.4, -0.2) is 54.5 Å². The molecule has 2 aromatic carbocycles. The van der Waals surface area contributed by atoms with Crippen molar-refractivity contribution >= 4 is 17.6 Å². The molecule has 1 saturated heterocycles. The minimum Gasteiger partial charge on any atom is -0.331 e. The molecule has 172 valence electrons. The molecule has 1 aliphatic heterocycles. The summed E-state index contributed by atoms with van der Waals surface area (Å²) in [4.78, 5) is 28.4. The number of aryl methyl sites for hydroxylation is 1. The summed E-state index contributed by atoms with van der Waals surface area (Å²) in [6.07, 6.45) is -4.54. The number of benzene rings is 2. The number of alkyl halides is 3. The van der Waals surface area contributed by atoms with Crippen LogP contribution >= 0.6 is 0 Å². The van der Waals surface area contributed by atoms with Crippen LogP contribution in [0.25, 0.3) is 0 Å². The second kappa shape index (κ2) is 10.0. The molecule has 0 spiro atoms. The average Bonchev–Trinajstić information content (AvgIpc) is 2.74. The number of nitrogens with one attached hydrogen (secondary N) is 2. The Morgan fingerprint density at radius 1 is 1.00 bits per heavy atom. The lowest BCUT2D eigenvalue weighted by Crippen LogP contribution is -2.53. The van der Waals surface area contributed by atoms with Gasteiger partial charge in [-0.05, 0) is 37.1 Å². The van der Waals surface area contributed by atoms with Crippen molar-refractivity contribution in [2.45, 2.75) is 26.1 Å². The van der Waals surface area contributed by atoms with Gasteiger partial charge >= 0.3 is 12.2 Å². The van der Waals surface area contributed by atoms with Gasteiger partial charge in [0.1, 0.15) is 0 Å². The van der Waals surface area contributed by atoms with E-state index >= 15 is 0 Å². The van der Waals surface area contributed by atoms with Gasteiger partial charge in [0, 0.05) is 26.2 Å². The first-order valence-corrected chi connectivity index (χ1v) is 10.4. The molecule has 6 nitrogen and oxygen atoms in total. The molecule has 2 aromatic rings. The Balaban J connectivity index is 1.48. The number of para-hydroxylation sites is 1. The lowest BCUT2D eigenvalue weighted by atomic mass is 10.0. The summed E-state index contributed by atoms with van der Waals surface area (Å²) in [5.41, 5.74) is 1.02. The van der Waals surface area contributed by atoms with E-state index in [9.17, 15) is 22.8 Å². The fraction of sp³-hybridized carbons (Fsp3) is 0.391. The molecule has 32 heavy (non-hydrogen) atoms. The maximum atomic E-state index is 13.1. The van der Waals surface area contributed by atoms with E-state index in [1.54, 1.807) is 4.90 Å². The maximum absolute atomic E-state index is 13.1. The molecule has 0 saturated carbocycles. The van der Waals surface area contributed by atoms with Crippen molar-refractivity contribution in [1.29, 1.82) is 0 Å². The lowest BCUT2D eigenvalue weighted by molar-refractivity contribution is -0.137. The molecule has 0 bridgehead atoms. The van der Waals surface area contributed by atoms with Crippen LogP contribution in [0.1, 0.15) is 29.7 Å². The third kappa shape index (κ3) is 6.00. The highest BCUT2D eigenvalue weighted by molar-refractivity contribution is 5.93. The summed E-state index contributed by atoms with van der Waals surface area (Å²) in [6.45, 7) is 5.66. The van der Waals surface area contributed by atoms with E-state index in [1.165, 1.54) is 18.2 Å². The number of rotatable bonds is 5. The zero-order chi connectivity index (χ0) is 23.3. The highest BCUT2D eigenvalue weighted by Gasteiger charge is 2.33. The van der Waals surface area contributed by atoms with Crippen LogP contribution < -0.4 is 10.6 Å². The lowest BCUT2D eigenvalue weighted by Gasteiger charge is -2.35. The molecule has 1 fully saturated rings. The summed E-state index contributed by atoms with van der Waals surface area (Å²) in [5, 5.41) is 5.35. The monoisotopic (exact) mass is 448 g/mol. The van der Waals surface area contributed by atoms with Gasteiger partial charge in [-0.15, -0.1) is 0 Å². The third-order valence-electron chi connectivity index (χ3n) is 5.53. The molecule has 0 radical (unpaired) electrons. The van der Waals surface area contributed by atoms with Gasteiger partial charge in [-0.2, -0.15) is 13.2 Å². The fourth-order valence-corrected chi connectivity index (χ4v) is 3.77. The van der Waals surface area contributed by atoms with E-state index in [0.717, 1.165) is 17.2 Å². The van der Waals surface area contributed by atoms with Crippen molar-refractivity contribution in [2.75, 3.05) is 38.0 Å². The Labute approximate surface area is 185 Å². The SMILES string of the molecule is Cc1ccccc1[C@@H](C)NC(=O)N1CCN(CC(=O)Nc2ccccc2C(F)(F)F)CC1. The number of nitrogens with zero attached hydrogens (tertiary/aromatic N) is 2. The van der Waals surface area contributed by atoms with Gasteiger partial charge in [0.2, 0.25) is 5.91 Å². The molecule has 0 aliphatic carbocycles. The Kier molecular flexibility index (Phi) is 7.40. The number of carbonyl (C=O) groups is 2. The topological polar surface area (TPSA) is 64.7 Å².